The number of amides is 3. The van der Waals surface area contributed by atoms with Gasteiger partial charge in [-0.25, -0.2) is 0 Å². The number of nitrogens with one attached hydrogen (secondary N) is 1. The van der Waals surface area contributed by atoms with Crippen molar-refractivity contribution < 1.29 is 14.4 Å². The highest BCUT2D eigenvalue weighted by Crippen LogP contribution is 2.23. The number of carbonyl (C=O) groups is 3. The van der Waals surface area contributed by atoms with Crippen LogP contribution in [0.5, 0.6) is 0 Å². The van der Waals surface area contributed by atoms with Crippen LogP contribution in [0.1, 0.15) is 68.8 Å². The topological polar surface area (TPSA) is 69.7 Å². The molecule has 1 N–H and O–H groups in total. The molecular weight excluding hydrogens is 378 g/mol. The first-order valence-corrected chi connectivity index (χ1v) is 11.2. The molecule has 6 heteroatoms. The summed E-state index contributed by atoms with van der Waals surface area (Å²) in [4.78, 5) is 41.8. The lowest BCUT2D eigenvalue weighted by Gasteiger charge is -2.35. The largest absolute Gasteiger partial charge is 0.352 e. The minimum atomic E-state index is -0.431. The zero-order valence-electron chi connectivity index (χ0n) is 18.6. The number of hydrogen-bond donors (Lipinski definition) is 1. The van der Waals surface area contributed by atoms with Gasteiger partial charge in [-0.05, 0) is 49.8 Å². The van der Waals surface area contributed by atoms with Crippen LogP contribution in [0, 0.1) is 11.3 Å². The van der Waals surface area contributed by atoms with Crippen LogP contribution in [0.4, 0.5) is 0 Å². The summed E-state index contributed by atoms with van der Waals surface area (Å²) in [7, 11) is 0. The molecule has 1 atom stereocenters. The SMILES string of the molecule is CC(C)(C)C(=O)N1CCCC(C(=O)NCc2cccc(C(=O)N3CCCCC3)c2)C1. The summed E-state index contributed by atoms with van der Waals surface area (Å²) < 4.78 is 0. The van der Waals surface area contributed by atoms with E-state index in [1.165, 1.54) is 6.42 Å². The summed E-state index contributed by atoms with van der Waals surface area (Å²) in [6.45, 7) is 8.99. The van der Waals surface area contributed by atoms with E-state index in [0.717, 1.165) is 50.9 Å². The van der Waals surface area contributed by atoms with Gasteiger partial charge in [0.1, 0.15) is 0 Å². The van der Waals surface area contributed by atoms with E-state index in [9.17, 15) is 14.4 Å². The van der Waals surface area contributed by atoms with Crippen LogP contribution < -0.4 is 5.32 Å². The molecule has 2 aliphatic rings. The maximum absolute atomic E-state index is 12.7. The lowest BCUT2D eigenvalue weighted by atomic mass is 9.91. The fourth-order valence-corrected chi connectivity index (χ4v) is 4.28. The molecule has 0 spiro atoms. The van der Waals surface area contributed by atoms with Crippen molar-refractivity contribution in [2.75, 3.05) is 26.2 Å². The summed E-state index contributed by atoms with van der Waals surface area (Å²) in [5, 5.41) is 3.01. The predicted octanol–water partition coefficient (Wildman–Crippen LogP) is 3.21. The van der Waals surface area contributed by atoms with Crippen molar-refractivity contribution in [2.24, 2.45) is 11.3 Å². The van der Waals surface area contributed by atoms with Crippen molar-refractivity contribution in [3.8, 4) is 0 Å². The molecule has 3 amide bonds. The molecule has 30 heavy (non-hydrogen) atoms. The molecule has 2 saturated heterocycles. The third-order valence-electron chi connectivity index (χ3n) is 6.00. The van der Waals surface area contributed by atoms with E-state index < -0.39 is 5.41 Å². The molecule has 0 aliphatic carbocycles. The molecule has 1 aromatic carbocycles. The van der Waals surface area contributed by atoms with Crippen LogP contribution >= 0.6 is 0 Å². The number of piperidine rings is 2. The second-order valence-electron chi connectivity index (χ2n) is 9.61. The molecule has 0 aromatic heterocycles. The Hall–Kier alpha value is -2.37. The zero-order valence-corrected chi connectivity index (χ0v) is 18.6. The van der Waals surface area contributed by atoms with Crippen LogP contribution in [0.2, 0.25) is 0 Å². The van der Waals surface area contributed by atoms with Gasteiger partial charge in [0, 0.05) is 43.7 Å². The lowest BCUT2D eigenvalue weighted by Crippen LogP contribution is -2.48. The quantitative estimate of drug-likeness (QED) is 0.824. The van der Waals surface area contributed by atoms with Gasteiger partial charge < -0.3 is 15.1 Å². The molecule has 2 heterocycles. The summed E-state index contributed by atoms with van der Waals surface area (Å²) in [6, 6.07) is 7.54. The second kappa shape index (κ2) is 9.63. The van der Waals surface area contributed by atoms with E-state index >= 15 is 0 Å². The Morgan fingerprint density at radius 1 is 1.00 bits per heavy atom. The Labute approximate surface area is 180 Å². The second-order valence-corrected chi connectivity index (χ2v) is 9.61. The van der Waals surface area contributed by atoms with Crippen molar-refractivity contribution in [3.05, 3.63) is 35.4 Å². The van der Waals surface area contributed by atoms with Gasteiger partial charge in [0.2, 0.25) is 11.8 Å². The number of likely N-dealkylation sites (tertiary alicyclic amines) is 2. The van der Waals surface area contributed by atoms with Crippen LogP contribution in [0.25, 0.3) is 0 Å². The molecule has 2 fully saturated rings. The minimum Gasteiger partial charge on any atom is -0.352 e. The standard InChI is InChI=1S/C24H35N3O3/c1-24(2,3)23(30)27-14-8-11-20(17-27)21(28)25-16-18-9-7-10-19(15-18)22(29)26-12-5-4-6-13-26/h7,9-10,15,20H,4-6,8,11-14,16-17H2,1-3H3,(H,25,28). The summed E-state index contributed by atoms with van der Waals surface area (Å²) in [6.07, 6.45) is 4.97. The molecule has 6 nitrogen and oxygen atoms in total. The van der Waals surface area contributed by atoms with Gasteiger partial charge in [0.15, 0.2) is 0 Å². The zero-order chi connectivity index (χ0) is 21.7. The Balaban J connectivity index is 1.55. The Morgan fingerprint density at radius 3 is 2.40 bits per heavy atom. The summed E-state index contributed by atoms with van der Waals surface area (Å²) in [5.74, 6) is -0.0206. The molecule has 0 bridgehead atoms. The average molecular weight is 414 g/mol. The maximum atomic E-state index is 12.7. The van der Waals surface area contributed by atoms with Crippen molar-refractivity contribution in [3.63, 3.8) is 0 Å². The molecule has 3 rings (SSSR count). The van der Waals surface area contributed by atoms with Gasteiger partial charge in [-0.2, -0.15) is 0 Å². The van der Waals surface area contributed by atoms with Crippen LogP contribution in [-0.4, -0.2) is 53.7 Å². The monoisotopic (exact) mass is 413 g/mol. The summed E-state index contributed by atoms with van der Waals surface area (Å²) in [5.41, 5.74) is 1.17. The van der Waals surface area contributed by atoms with Crippen LogP contribution in [0.15, 0.2) is 24.3 Å². The lowest BCUT2D eigenvalue weighted by molar-refractivity contribution is -0.142. The number of nitrogens with zero attached hydrogens (tertiary/aromatic N) is 2. The fraction of sp³-hybridized carbons (Fsp3) is 0.625. The summed E-state index contributed by atoms with van der Waals surface area (Å²) >= 11 is 0. The normalized spacial score (nSPS) is 20.0. The van der Waals surface area contributed by atoms with Crippen molar-refractivity contribution in [1.29, 1.82) is 0 Å². The van der Waals surface area contributed by atoms with E-state index in [4.69, 9.17) is 0 Å². The van der Waals surface area contributed by atoms with Gasteiger partial charge in [0.05, 0.1) is 5.92 Å². The number of rotatable bonds is 4. The third kappa shape index (κ3) is 5.61. The molecule has 0 saturated carbocycles. The smallest absolute Gasteiger partial charge is 0.253 e. The van der Waals surface area contributed by atoms with E-state index in [1.807, 2.05) is 54.8 Å². The highest BCUT2D eigenvalue weighted by atomic mass is 16.2. The molecule has 0 radical (unpaired) electrons. The molecule has 1 aromatic rings. The fourth-order valence-electron chi connectivity index (χ4n) is 4.28. The van der Waals surface area contributed by atoms with Crippen molar-refractivity contribution in [2.45, 2.75) is 59.4 Å². The van der Waals surface area contributed by atoms with Crippen LogP contribution in [0.3, 0.4) is 0 Å². The van der Waals surface area contributed by atoms with Crippen molar-refractivity contribution in [1.82, 2.24) is 15.1 Å². The van der Waals surface area contributed by atoms with Gasteiger partial charge in [0.25, 0.3) is 5.91 Å². The minimum absolute atomic E-state index is 0.0193. The first-order chi connectivity index (χ1) is 14.3. The van der Waals surface area contributed by atoms with E-state index in [1.54, 1.807) is 0 Å². The third-order valence-corrected chi connectivity index (χ3v) is 6.00. The Bertz CT molecular complexity index is 778. The average Bonchev–Trinajstić information content (AvgIpc) is 2.76. The van der Waals surface area contributed by atoms with Gasteiger partial charge >= 0.3 is 0 Å². The molecular formula is C24H35N3O3. The number of carbonyl (C=O) groups excluding carboxylic acids is 3. The number of hydrogen-bond acceptors (Lipinski definition) is 3. The predicted molar refractivity (Wildman–Crippen MR) is 117 cm³/mol. The Morgan fingerprint density at radius 2 is 1.70 bits per heavy atom. The van der Waals surface area contributed by atoms with E-state index in [-0.39, 0.29) is 23.6 Å². The molecule has 164 valence electrons. The highest BCUT2D eigenvalue weighted by molar-refractivity contribution is 5.94. The molecule has 2 aliphatic heterocycles. The van der Waals surface area contributed by atoms with Crippen molar-refractivity contribution >= 4 is 17.7 Å². The highest BCUT2D eigenvalue weighted by Gasteiger charge is 2.33. The van der Waals surface area contributed by atoms with Gasteiger partial charge in [-0.3, -0.25) is 14.4 Å². The van der Waals surface area contributed by atoms with E-state index in [2.05, 4.69) is 5.32 Å². The maximum Gasteiger partial charge on any atom is 0.253 e. The molecule has 1 unspecified atom stereocenters. The number of benzene rings is 1. The van der Waals surface area contributed by atoms with E-state index in [0.29, 0.717) is 18.7 Å². The van der Waals surface area contributed by atoms with Gasteiger partial charge in [-0.1, -0.05) is 32.9 Å². The first kappa shape index (κ1) is 22.3. The first-order valence-electron chi connectivity index (χ1n) is 11.2. The van der Waals surface area contributed by atoms with Gasteiger partial charge in [-0.15, -0.1) is 0 Å². The van der Waals surface area contributed by atoms with Crippen LogP contribution in [-0.2, 0) is 16.1 Å². The Kier molecular flexibility index (Phi) is 7.16.